The minimum absolute atomic E-state index is 0. The van der Waals surface area contributed by atoms with Crippen LogP contribution in [0, 0.1) is 6.07 Å². The van der Waals surface area contributed by atoms with E-state index in [1.807, 2.05) is 24.3 Å². The molecule has 0 saturated heterocycles. The molecule has 0 aromatic heterocycles. The standard InChI is InChI=1S/C10H7O.Fm/c11-10-6-5-8-3-1-2-4-9(8)7-10;/h1-5,7,11H;/q-1;. The average Bonchev–Trinajstić information content (AvgIpc) is 2.04. The molecule has 0 saturated carbocycles. The molecule has 0 fully saturated rings. The van der Waals surface area contributed by atoms with Crippen LogP contribution in [0.4, 0.5) is 0 Å². The van der Waals surface area contributed by atoms with E-state index in [9.17, 15) is 0 Å². The van der Waals surface area contributed by atoms with Gasteiger partial charge in [-0.25, -0.2) is 0 Å². The molecule has 0 radical (unpaired) electrons. The summed E-state index contributed by atoms with van der Waals surface area (Å²) in [4.78, 5) is 0. The van der Waals surface area contributed by atoms with Gasteiger partial charge in [0.05, 0.1) is 0 Å². The quantitative estimate of drug-likeness (QED) is 0.674. The molecule has 66 valence electrons. The van der Waals surface area contributed by atoms with Crippen molar-refractivity contribution >= 4 is 10.8 Å². The van der Waals surface area contributed by atoms with Gasteiger partial charge in [0.2, 0.25) is 0 Å². The number of phenolic OH excluding ortho intramolecular Hbond substituents is 1. The summed E-state index contributed by atoms with van der Waals surface area (Å²) >= 11 is 0. The first-order chi connectivity index (χ1) is 5.36. The van der Waals surface area contributed by atoms with Gasteiger partial charge in [-0.05, 0) is 0 Å². The van der Waals surface area contributed by atoms with Gasteiger partial charge in [0.1, 0.15) is 0 Å². The van der Waals surface area contributed by atoms with Crippen LogP contribution in [0.5, 0.6) is 5.75 Å². The van der Waals surface area contributed by atoms with Crippen LogP contribution in [0.25, 0.3) is 10.8 Å². The Bertz CT molecular complexity index is 384. The third-order valence-corrected chi connectivity index (χ3v) is 1.66. The van der Waals surface area contributed by atoms with Crippen molar-refractivity contribution in [3.8, 4) is 5.75 Å². The zero-order valence-electron chi connectivity index (χ0n) is 6.20. The van der Waals surface area contributed by atoms with Crippen molar-refractivity contribution in [3.63, 3.8) is 0 Å². The Morgan fingerprint density at radius 3 is 2.50 bits per heavy atom. The zero-order chi connectivity index (χ0) is 7.68. The fraction of sp³-hybridized carbons (Fsp3) is 0. The second-order valence-corrected chi connectivity index (χ2v) is 2.45. The van der Waals surface area contributed by atoms with Crippen molar-refractivity contribution in [2.45, 2.75) is 0 Å². The Balaban J connectivity index is 0.000000720. The summed E-state index contributed by atoms with van der Waals surface area (Å²) in [6.07, 6.45) is 0. The molecule has 1 nitrogen and oxygen atoms in total. The second kappa shape index (κ2) is 2.62. The fourth-order valence-corrected chi connectivity index (χ4v) is 1.11. The topological polar surface area (TPSA) is 20.2 Å². The van der Waals surface area contributed by atoms with Gasteiger partial charge in [-0.15, -0.1) is 29.0 Å². The fourth-order valence-electron chi connectivity index (χ4n) is 1.11. The van der Waals surface area contributed by atoms with E-state index in [0.29, 0.717) is 0 Å². The smallest absolute Gasteiger partial charge is 0.00456 e. The van der Waals surface area contributed by atoms with Crippen LogP contribution >= 0.6 is 0 Å². The van der Waals surface area contributed by atoms with E-state index in [1.165, 1.54) is 0 Å². The van der Waals surface area contributed by atoms with Gasteiger partial charge in [-0.2, -0.15) is 6.07 Å². The van der Waals surface area contributed by atoms with E-state index < -0.39 is 0 Å². The van der Waals surface area contributed by atoms with Crippen molar-refractivity contribution in [1.29, 1.82) is 0 Å². The van der Waals surface area contributed by atoms with Crippen LogP contribution in [-0.4, -0.2) is 5.11 Å². The summed E-state index contributed by atoms with van der Waals surface area (Å²) < 4.78 is 0. The summed E-state index contributed by atoms with van der Waals surface area (Å²) in [5.41, 5.74) is 0. The van der Waals surface area contributed by atoms with Crippen molar-refractivity contribution in [2.24, 2.45) is 0 Å². The van der Waals surface area contributed by atoms with Gasteiger partial charge in [0.25, 0.3) is 0 Å². The number of hydrogen-bond acceptors (Lipinski definition) is 1. The maximum absolute atomic E-state index is 9.07. The summed E-state index contributed by atoms with van der Waals surface area (Å²) in [5, 5.41) is 11.2. The van der Waals surface area contributed by atoms with Gasteiger partial charge >= 0.3 is 0 Å². The van der Waals surface area contributed by atoms with Gasteiger partial charge in [-0.1, -0.05) is 18.2 Å². The summed E-state index contributed by atoms with van der Waals surface area (Å²) in [5.74, 6) is 0.198. The first-order valence-electron chi connectivity index (χ1n) is 3.46. The van der Waals surface area contributed by atoms with Crippen molar-refractivity contribution in [3.05, 3.63) is 42.5 Å². The number of rotatable bonds is 0. The normalized spacial score (nSPS) is 9.33. The van der Waals surface area contributed by atoms with Crippen LogP contribution in [-0.2, 0) is 0 Å². The minimum Gasteiger partial charge on any atom is -0.534 e. The summed E-state index contributed by atoms with van der Waals surface area (Å²) in [6, 6.07) is 14.1. The van der Waals surface area contributed by atoms with E-state index in [1.54, 1.807) is 12.1 Å². The zero-order valence-corrected chi connectivity index (χ0v) is 8.60. The van der Waals surface area contributed by atoms with Crippen LogP contribution in [0.3, 0.4) is 0 Å². The molecule has 12 heavy (non-hydrogen) atoms. The second-order valence-electron chi connectivity index (χ2n) is 2.45. The first-order valence-corrected chi connectivity index (χ1v) is 3.46. The number of phenols is 1. The Labute approximate surface area is 64.9 Å². The molecule has 0 aliphatic rings. The largest absolute Gasteiger partial charge is 0.534 e. The van der Waals surface area contributed by atoms with E-state index in [4.69, 9.17) is 5.11 Å². The SMILES string of the molecule is Oc1[c-]cc2ccccc2c1.[Fm]. The van der Waals surface area contributed by atoms with E-state index >= 15 is 0 Å². The molecule has 0 bridgehead atoms. The number of benzene rings is 2. The monoisotopic (exact) mass is 400 g/mol. The average molecular weight is 400 g/mol. The summed E-state index contributed by atoms with van der Waals surface area (Å²) in [7, 11) is 0. The molecule has 2 aromatic carbocycles. The molecule has 0 amide bonds. The van der Waals surface area contributed by atoms with Crippen molar-refractivity contribution < 1.29 is 5.11 Å². The van der Waals surface area contributed by atoms with Crippen molar-refractivity contribution in [2.75, 3.05) is 0 Å². The minimum atomic E-state index is 0. The maximum Gasteiger partial charge on any atom is 0.00456 e. The van der Waals surface area contributed by atoms with Crippen LogP contribution < -0.4 is 0 Å². The van der Waals surface area contributed by atoms with Gasteiger partial charge in [-0.3, -0.25) is 0 Å². The molecule has 2 aromatic rings. The predicted molar refractivity (Wildman–Crippen MR) is 44.4 cm³/mol. The number of aromatic hydroxyl groups is 1. The van der Waals surface area contributed by atoms with Crippen LogP contribution in [0.2, 0.25) is 0 Å². The molecule has 0 aliphatic carbocycles. The van der Waals surface area contributed by atoms with Gasteiger partial charge in [0.15, 0.2) is 0 Å². The maximum atomic E-state index is 9.07. The molecule has 0 atom stereocenters. The predicted octanol–water partition coefficient (Wildman–Crippen LogP) is 2.35. The Morgan fingerprint density at radius 2 is 1.75 bits per heavy atom. The van der Waals surface area contributed by atoms with E-state index in [-0.39, 0.29) is 5.75 Å². The van der Waals surface area contributed by atoms with Crippen molar-refractivity contribution in [1.82, 2.24) is 0 Å². The Kier molecular flexibility index (Phi) is 1.66. The molecule has 0 unspecified atom stereocenters. The molecular weight excluding hydrogens is 393 g/mol. The third kappa shape index (κ3) is 1.03. The molecule has 1 N–H and O–H groups in total. The molecule has 0 heterocycles. The van der Waals surface area contributed by atoms with Crippen LogP contribution in [0.1, 0.15) is 0 Å². The van der Waals surface area contributed by atoms with Gasteiger partial charge in [0, 0.05) is 5.75 Å². The number of fused-ring (bicyclic) bond motifs is 1. The molecule has 2 heteroatoms. The van der Waals surface area contributed by atoms with Gasteiger partial charge < -0.3 is 5.11 Å². The Morgan fingerprint density at radius 1 is 1.08 bits per heavy atom. The first kappa shape index (κ1) is 7.61. The number of hydrogen-bond donors (Lipinski definition) is 1. The summed E-state index contributed by atoms with van der Waals surface area (Å²) in [6.45, 7) is 0. The molecule has 0 aliphatic heterocycles. The van der Waals surface area contributed by atoms with Crippen LogP contribution in [0.15, 0.2) is 36.4 Å². The third-order valence-electron chi connectivity index (χ3n) is 1.66. The molecule has 0 spiro atoms. The van der Waals surface area contributed by atoms with E-state index in [0.717, 1.165) is 10.8 Å². The van der Waals surface area contributed by atoms with E-state index in [2.05, 4.69) is 6.07 Å². The Hall–Kier alpha value is -2.50. The molecular formula is C10H7FmO-. The molecule has 2 rings (SSSR count).